The van der Waals surface area contributed by atoms with Crippen LogP contribution < -0.4 is 9.47 Å². The molecular weight excluding hydrogens is 230 g/mol. The molecule has 2 aromatic rings. The van der Waals surface area contributed by atoms with Crippen LogP contribution in [0, 0.1) is 18.3 Å². The van der Waals surface area contributed by atoms with Crippen molar-refractivity contribution in [1.29, 1.82) is 5.26 Å². The molecule has 0 amide bonds. The van der Waals surface area contributed by atoms with Gasteiger partial charge in [0.25, 0.3) is 5.88 Å². The van der Waals surface area contributed by atoms with Crippen LogP contribution in [0.15, 0.2) is 30.6 Å². The minimum Gasteiger partial charge on any atom is -0.493 e. The number of rotatable bonds is 3. The molecule has 0 spiro atoms. The number of hydrogen-bond donors (Lipinski definition) is 0. The third-order valence-electron chi connectivity index (χ3n) is 2.30. The zero-order chi connectivity index (χ0) is 13.0. The van der Waals surface area contributed by atoms with Crippen LogP contribution in [0.25, 0.3) is 0 Å². The molecule has 18 heavy (non-hydrogen) atoms. The van der Waals surface area contributed by atoms with Gasteiger partial charge in [-0.1, -0.05) is 6.07 Å². The maximum Gasteiger partial charge on any atom is 0.256 e. The maximum atomic E-state index is 8.90. The predicted molar refractivity (Wildman–Crippen MR) is 64.6 cm³/mol. The molecule has 2 rings (SSSR count). The van der Waals surface area contributed by atoms with E-state index in [4.69, 9.17) is 14.7 Å². The molecular formula is C13H11N3O2. The van der Waals surface area contributed by atoms with E-state index in [0.29, 0.717) is 11.5 Å². The van der Waals surface area contributed by atoms with Gasteiger partial charge < -0.3 is 9.47 Å². The zero-order valence-corrected chi connectivity index (χ0v) is 10.0. The van der Waals surface area contributed by atoms with Gasteiger partial charge in [-0.15, -0.1) is 0 Å². The van der Waals surface area contributed by atoms with Gasteiger partial charge in [-0.3, -0.25) is 0 Å². The van der Waals surface area contributed by atoms with Crippen molar-refractivity contribution in [3.63, 3.8) is 0 Å². The van der Waals surface area contributed by atoms with Crippen molar-refractivity contribution >= 4 is 0 Å². The molecule has 5 nitrogen and oxygen atoms in total. The summed E-state index contributed by atoms with van der Waals surface area (Å²) < 4.78 is 10.8. The van der Waals surface area contributed by atoms with Crippen molar-refractivity contribution < 1.29 is 9.47 Å². The van der Waals surface area contributed by atoms with E-state index in [1.54, 1.807) is 13.2 Å². The quantitative estimate of drug-likeness (QED) is 0.825. The zero-order valence-electron chi connectivity index (χ0n) is 10.0. The Morgan fingerprint density at radius 3 is 2.67 bits per heavy atom. The van der Waals surface area contributed by atoms with Crippen LogP contribution in [0.2, 0.25) is 0 Å². The van der Waals surface area contributed by atoms with Crippen molar-refractivity contribution in [2.75, 3.05) is 7.11 Å². The Kier molecular flexibility index (Phi) is 3.39. The normalized spacial score (nSPS) is 9.61. The summed E-state index contributed by atoms with van der Waals surface area (Å²) >= 11 is 0. The SMILES string of the molecule is COc1cc(C)ccc1Oc1nccnc1C#N. The van der Waals surface area contributed by atoms with Crippen LogP contribution in [-0.4, -0.2) is 17.1 Å². The molecule has 0 unspecified atom stereocenters. The standard InChI is InChI=1S/C13H11N3O2/c1-9-3-4-11(12(7-9)17-2)18-13-10(8-14)15-5-6-16-13/h3-7H,1-2H3. The fourth-order valence-corrected chi connectivity index (χ4v) is 1.44. The van der Waals surface area contributed by atoms with E-state index in [9.17, 15) is 0 Å². The molecule has 0 saturated carbocycles. The molecule has 0 saturated heterocycles. The Labute approximate surface area is 105 Å². The molecule has 1 aromatic carbocycles. The Balaban J connectivity index is 2.37. The van der Waals surface area contributed by atoms with Crippen molar-refractivity contribution in [3.05, 3.63) is 41.9 Å². The van der Waals surface area contributed by atoms with Crippen molar-refractivity contribution in [2.45, 2.75) is 6.92 Å². The van der Waals surface area contributed by atoms with Gasteiger partial charge in [0, 0.05) is 12.4 Å². The molecule has 0 N–H and O–H groups in total. The second kappa shape index (κ2) is 5.15. The Hall–Kier alpha value is -2.61. The number of nitriles is 1. The molecule has 0 fully saturated rings. The molecule has 1 heterocycles. The summed E-state index contributed by atoms with van der Waals surface area (Å²) in [6.07, 6.45) is 2.91. The summed E-state index contributed by atoms with van der Waals surface area (Å²) in [5, 5.41) is 8.90. The van der Waals surface area contributed by atoms with E-state index in [-0.39, 0.29) is 11.6 Å². The molecule has 0 aliphatic carbocycles. The Bertz CT molecular complexity index is 605. The third-order valence-corrected chi connectivity index (χ3v) is 2.30. The maximum absolute atomic E-state index is 8.90. The third kappa shape index (κ3) is 2.38. The van der Waals surface area contributed by atoms with Crippen molar-refractivity contribution in [3.8, 4) is 23.4 Å². The molecule has 0 atom stereocenters. The van der Waals surface area contributed by atoms with E-state index in [2.05, 4.69) is 9.97 Å². The molecule has 0 aliphatic heterocycles. The number of aromatic nitrogens is 2. The summed E-state index contributed by atoms with van der Waals surface area (Å²) in [6.45, 7) is 1.95. The molecule has 0 aliphatic rings. The highest BCUT2D eigenvalue weighted by Crippen LogP contribution is 2.31. The molecule has 0 radical (unpaired) electrons. The molecule has 1 aromatic heterocycles. The summed E-state index contributed by atoms with van der Waals surface area (Å²) in [7, 11) is 1.56. The largest absolute Gasteiger partial charge is 0.493 e. The minimum absolute atomic E-state index is 0.139. The molecule has 90 valence electrons. The average Bonchev–Trinajstić information content (AvgIpc) is 2.41. The number of benzene rings is 1. The van der Waals surface area contributed by atoms with E-state index in [0.717, 1.165) is 5.56 Å². The lowest BCUT2D eigenvalue weighted by Crippen LogP contribution is -1.96. The number of nitrogens with zero attached hydrogens (tertiary/aromatic N) is 3. The highest BCUT2D eigenvalue weighted by Gasteiger charge is 2.10. The van der Waals surface area contributed by atoms with Crippen LogP contribution in [0.4, 0.5) is 0 Å². The van der Waals surface area contributed by atoms with Gasteiger partial charge in [0.15, 0.2) is 11.5 Å². The summed E-state index contributed by atoms with van der Waals surface area (Å²) in [5.41, 5.74) is 1.19. The summed E-state index contributed by atoms with van der Waals surface area (Å²) in [4.78, 5) is 7.86. The van der Waals surface area contributed by atoms with E-state index in [1.807, 2.05) is 25.1 Å². The van der Waals surface area contributed by atoms with Gasteiger partial charge in [-0.25, -0.2) is 9.97 Å². The number of ether oxygens (including phenoxy) is 2. The first-order chi connectivity index (χ1) is 8.74. The first-order valence-electron chi connectivity index (χ1n) is 5.28. The first kappa shape index (κ1) is 11.9. The Morgan fingerprint density at radius 2 is 1.94 bits per heavy atom. The highest BCUT2D eigenvalue weighted by molar-refractivity contribution is 5.45. The predicted octanol–water partition coefficient (Wildman–Crippen LogP) is 2.46. The van der Waals surface area contributed by atoms with Gasteiger partial charge in [0.1, 0.15) is 6.07 Å². The molecule has 5 heteroatoms. The van der Waals surface area contributed by atoms with Crippen LogP contribution in [0.3, 0.4) is 0 Å². The van der Waals surface area contributed by atoms with Gasteiger partial charge in [0.2, 0.25) is 5.69 Å². The van der Waals surface area contributed by atoms with Gasteiger partial charge in [-0.05, 0) is 24.6 Å². The fourth-order valence-electron chi connectivity index (χ4n) is 1.44. The average molecular weight is 241 g/mol. The van der Waals surface area contributed by atoms with Gasteiger partial charge in [0.05, 0.1) is 7.11 Å². The fraction of sp³-hybridized carbons (Fsp3) is 0.154. The second-order valence-electron chi connectivity index (χ2n) is 3.58. The lowest BCUT2D eigenvalue weighted by atomic mass is 10.2. The molecule has 0 bridgehead atoms. The minimum atomic E-state index is 0.139. The lowest BCUT2D eigenvalue weighted by Gasteiger charge is -2.10. The number of methoxy groups -OCH3 is 1. The highest BCUT2D eigenvalue weighted by atomic mass is 16.5. The summed E-state index contributed by atoms with van der Waals surface area (Å²) in [6, 6.07) is 7.43. The van der Waals surface area contributed by atoms with Crippen LogP contribution in [0.1, 0.15) is 11.3 Å². The van der Waals surface area contributed by atoms with E-state index in [1.165, 1.54) is 12.4 Å². The first-order valence-corrected chi connectivity index (χ1v) is 5.28. The summed E-state index contributed by atoms with van der Waals surface area (Å²) in [5.74, 6) is 1.26. The topological polar surface area (TPSA) is 68.0 Å². The van der Waals surface area contributed by atoms with Crippen molar-refractivity contribution in [2.24, 2.45) is 0 Å². The smallest absolute Gasteiger partial charge is 0.256 e. The monoisotopic (exact) mass is 241 g/mol. The van der Waals surface area contributed by atoms with Gasteiger partial charge in [-0.2, -0.15) is 5.26 Å². The lowest BCUT2D eigenvalue weighted by molar-refractivity contribution is 0.372. The number of hydrogen-bond acceptors (Lipinski definition) is 5. The Morgan fingerprint density at radius 1 is 1.17 bits per heavy atom. The van der Waals surface area contributed by atoms with Crippen molar-refractivity contribution in [1.82, 2.24) is 9.97 Å². The number of aryl methyl sites for hydroxylation is 1. The van der Waals surface area contributed by atoms with E-state index >= 15 is 0 Å². The van der Waals surface area contributed by atoms with Crippen LogP contribution in [-0.2, 0) is 0 Å². The van der Waals surface area contributed by atoms with Crippen LogP contribution >= 0.6 is 0 Å². The van der Waals surface area contributed by atoms with Crippen LogP contribution in [0.5, 0.6) is 17.4 Å². The van der Waals surface area contributed by atoms with E-state index < -0.39 is 0 Å². The second-order valence-corrected chi connectivity index (χ2v) is 3.58. The van der Waals surface area contributed by atoms with Gasteiger partial charge >= 0.3 is 0 Å².